The van der Waals surface area contributed by atoms with Crippen LogP contribution in [-0.2, 0) is 0 Å². The van der Waals surface area contributed by atoms with Gasteiger partial charge in [-0.2, -0.15) is 0 Å². The van der Waals surface area contributed by atoms with Crippen LogP contribution in [0.5, 0.6) is 0 Å². The molecule has 2 aromatic rings. The highest BCUT2D eigenvalue weighted by Gasteiger charge is 2.18. The molecule has 0 saturated heterocycles. The molecule has 0 spiro atoms. The van der Waals surface area contributed by atoms with Crippen molar-refractivity contribution in [2.24, 2.45) is 0 Å². The van der Waals surface area contributed by atoms with Gasteiger partial charge < -0.3 is 5.32 Å². The van der Waals surface area contributed by atoms with Crippen molar-refractivity contribution in [2.75, 3.05) is 6.54 Å². The van der Waals surface area contributed by atoms with E-state index < -0.39 is 0 Å². The highest BCUT2D eigenvalue weighted by molar-refractivity contribution is 7.19. The van der Waals surface area contributed by atoms with E-state index in [1.165, 1.54) is 23.5 Å². The second-order valence-electron chi connectivity index (χ2n) is 4.10. The molecule has 4 heteroatoms. The van der Waals surface area contributed by atoms with Gasteiger partial charge in [-0.05, 0) is 38.1 Å². The number of fused-ring (bicyclic) bond motifs is 1. The number of nitrogens with one attached hydrogen (secondary N) is 1. The molecule has 1 heterocycles. The van der Waals surface area contributed by atoms with E-state index >= 15 is 0 Å². The molecular weight excluding hydrogens is 240 g/mol. The standard InChI is InChI=1S/C13H15F2NS/c1-4-16-8(3)12-7(2)11-9(14)5-6-10(15)13(11)17-12/h5-6,8,16H,4H2,1-3H3. The fraction of sp³-hybridized carbons (Fsp3) is 0.385. The fourth-order valence-electron chi connectivity index (χ4n) is 2.10. The van der Waals surface area contributed by atoms with Crippen molar-refractivity contribution in [3.8, 4) is 0 Å². The first-order valence-electron chi connectivity index (χ1n) is 5.66. The first kappa shape index (κ1) is 12.5. The lowest BCUT2D eigenvalue weighted by molar-refractivity contribution is 0.604. The maximum Gasteiger partial charge on any atom is 0.141 e. The minimum Gasteiger partial charge on any atom is -0.310 e. The number of halogens is 2. The molecule has 0 saturated carbocycles. The molecule has 1 N–H and O–H groups in total. The summed E-state index contributed by atoms with van der Waals surface area (Å²) in [6, 6.07) is 2.50. The normalized spacial score (nSPS) is 13.2. The van der Waals surface area contributed by atoms with Crippen molar-refractivity contribution in [1.82, 2.24) is 5.32 Å². The second-order valence-corrected chi connectivity index (χ2v) is 5.16. The van der Waals surface area contributed by atoms with E-state index in [0.717, 1.165) is 17.0 Å². The van der Waals surface area contributed by atoms with Crippen LogP contribution in [0.2, 0.25) is 0 Å². The van der Waals surface area contributed by atoms with Gasteiger partial charge in [0.2, 0.25) is 0 Å². The van der Waals surface area contributed by atoms with Gasteiger partial charge in [0.25, 0.3) is 0 Å². The van der Waals surface area contributed by atoms with E-state index in [9.17, 15) is 8.78 Å². The molecule has 0 radical (unpaired) electrons. The van der Waals surface area contributed by atoms with Crippen LogP contribution >= 0.6 is 11.3 Å². The van der Waals surface area contributed by atoms with E-state index in [0.29, 0.717) is 10.1 Å². The van der Waals surface area contributed by atoms with Gasteiger partial charge in [-0.15, -0.1) is 11.3 Å². The predicted molar refractivity (Wildman–Crippen MR) is 68.6 cm³/mol. The Kier molecular flexibility index (Phi) is 3.45. The van der Waals surface area contributed by atoms with Crippen LogP contribution in [0.15, 0.2) is 12.1 Å². The molecule has 92 valence electrons. The van der Waals surface area contributed by atoms with Crippen LogP contribution in [0.25, 0.3) is 10.1 Å². The Hall–Kier alpha value is -1.00. The Balaban J connectivity index is 2.64. The summed E-state index contributed by atoms with van der Waals surface area (Å²) in [7, 11) is 0. The molecule has 0 fully saturated rings. The molecular formula is C13H15F2NS. The zero-order chi connectivity index (χ0) is 12.6. The Labute approximate surface area is 103 Å². The molecule has 1 aromatic carbocycles. The summed E-state index contributed by atoms with van der Waals surface area (Å²) in [5.74, 6) is -0.686. The number of hydrogen-bond donors (Lipinski definition) is 1. The lowest BCUT2D eigenvalue weighted by Crippen LogP contribution is -2.17. The first-order chi connectivity index (χ1) is 8.06. The lowest BCUT2D eigenvalue weighted by Gasteiger charge is -2.11. The average molecular weight is 255 g/mol. The molecule has 1 atom stereocenters. The Morgan fingerprint density at radius 1 is 1.29 bits per heavy atom. The van der Waals surface area contributed by atoms with Gasteiger partial charge in [0.15, 0.2) is 0 Å². The molecule has 0 amide bonds. The molecule has 0 bridgehead atoms. The Morgan fingerprint density at radius 3 is 2.53 bits per heavy atom. The van der Waals surface area contributed by atoms with Crippen molar-refractivity contribution in [2.45, 2.75) is 26.8 Å². The fourth-order valence-corrected chi connectivity index (χ4v) is 3.36. The summed E-state index contributed by atoms with van der Waals surface area (Å²) in [5.41, 5.74) is 0.843. The van der Waals surface area contributed by atoms with Crippen LogP contribution in [0.3, 0.4) is 0 Å². The number of hydrogen-bond acceptors (Lipinski definition) is 2. The molecule has 1 unspecified atom stereocenters. The summed E-state index contributed by atoms with van der Waals surface area (Å²) in [6.07, 6.45) is 0. The van der Waals surface area contributed by atoms with Crippen LogP contribution in [0.1, 0.15) is 30.3 Å². The monoisotopic (exact) mass is 255 g/mol. The Bertz CT molecular complexity index is 548. The van der Waals surface area contributed by atoms with Gasteiger partial charge in [-0.1, -0.05) is 6.92 Å². The van der Waals surface area contributed by atoms with Crippen LogP contribution in [0.4, 0.5) is 8.78 Å². The molecule has 17 heavy (non-hydrogen) atoms. The smallest absolute Gasteiger partial charge is 0.141 e. The third-order valence-corrected chi connectivity index (χ3v) is 4.40. The van der Waals surface area contributed by atoms with E-state index in [4.69, 9.17) is 0 Å². The summed E-state index contributed by atoms with van der Waals surface area (Å²) < 4.78 is 27.8. The van der Waals surface area contributed by atoms with Crippen LogP contribution in [-0.4, -0.2) is 6.54 Å². The maximum atomic E-state index is 13.7. The van der Waals surface area contributed by atoms with Crippen LogP contribution < -0.4 is 5.32 Å². The zero-order valence-corrected chi connectivity index (χ0v) is 10.9. The molecule has 0 aliphatic rings. The zero-order valence-electron chi connectivity index (χ0n) is 10.1. The van der Waals surface area contributed by atoms with E-state index in [2.05, 4.69) is 5.32 Å². The van der Waals surface area contributed by atoms with Crippen molar-refractivity contribution < 1.29 is 8.78 Å². The van der Waals surface area contributed by atoms with Crippen molar-refractivity contribution in [1.29, 1.82) is 0 Å². The second kappa shape index (κ2) is 4.70. The van der Waals surface area contributed by atoms with E-state index in [1.54, 1.807) is 0 Å². The largest absolute Gasteiger partial charge is 0.310 e. The number of rotatable bonds is 3. The van der Waals surface area contributed by atoms with Gasteiger partial charge >= 0.3 is 0 Å². The molecule has 2 rings (SSSR count). The van der Waals surface area contributed by atoms with Crippen LogP contribution in [0, 0.1) is 18.6 Å². The maximum absolute atomic E-state index is 13.7. The quantitative estimate of drug-likeness (QED) is 0.868. The minimum atomic E-state index is -0.343. The van der Waals surface area contributed by atoms with E-state index in [-0.39, 0.29) is 17.7 Å². The van der Waals surface area contributed by atoms with Gasteiger partial charge in [0, 0.05) is 16.3 Å². The van der Waals surface area contributed by atoms with Gasteiger partial charge in [-0.25, -0.2) is 8.78 Å². The highest BCUT2D eigenvalue weighted by Crippen LogP contribution is 2.37. The molecule has 0 aliphatic heterocycles. The molecule has 0 aliphatic carbocycles. The summed E-state index contributed by atoms with van der Waals surface area (Å²) in [5, 5.41) is 3.69. The summed E-state index contributed by atoms with van der Waals surface area (Å²) >= 11 is 1.34. The SMILES string of the molecule is CCNC(C)c1sc2c(F)ccc(F)c2c1C. The van der Waals surface area contributed by atoms with Crippen molar-refractivity contribution >= 4 is 21.4 Å². The predicted octanol–water partition coefficient (Wildman–Crippen LogP) is 4.16. The van der Waals surface area contributed by atoms with Gasteiger partial charge in [-0.3, -0.25) is 0 Å². The minimum absolute atomic E-state index is 0.121. The highest BCUT2D eigenvalue weighted by atomic mass is 32.1. The summed E-state index contributed by atoms with van der Waals surface area (Å²) in [6.45, 7) is 6.71. The van der Waals surface area contributed by atoms with Gasteiger partial charge in [0.05, 0.1) is 4.70 Å². The first-order valence-corrected chi connectivity index (χ1v) is 6.48. The van der Waals surface area contributed by atoms with Crippen molar-refractivity contribution in [3.05, 3.63) is 34.2 Å². The lowest BCUT2D eigenvalue weighted by atomic mass is 10.1. The van der Waals surface area contributed by atoms with Gasteiger partial charge in [0.1, 0.15) is 11.6 Å². The average Bonchev–Trinajstić information content (AvgIpc) is 2.63. The number of benzene rings is 1. The van der Waals surface area contributed by atoms with E-state index in [1.807, 2.05) is 20.8 Å². The topological polar surface area (TPSA) is 12.0 Å². The molecule has 1 nitrogen and oxygen atoms in total. The van der Waals surface area contributed by atoms with Crippen molar-refractivity contribution in [3.63, 3.8) is 0 Å². The Morgan fingerprint density at radius 2 is 1.94 bits per heavy atom. The number of aryl methyl sites for hydroxylation is 1. The molecule has 1 aromatic heterocycles. The third kappa shape index (κ3) is 2.07. The third-order valence-electron chi connectivity index (χ3n) is 2.92. The summed E-state index contributed by atoms with van der Waals surface area (Å²) in [4.78, 5) is 1.01. The number of thiophene rings is 1.